The van der Waals surface area contributed by atoms with Crippen LogP contribution in [0.15, 0.2) is 48.5 Å². The second-order valence-electron chi connectivity index (χ2n) is 6.20. The number of carbonyl (C=O) groups excluding carboxylic acids is 4. The van der Waals surface area contributed by atoms with E-state index >= 15 is 0 Å². The Balaban J connectivity index is 1.91. The Bertz CT molecular complexity index is 874. The van der Waals surface area contributed by atoms with Gasteiger partial charge in [-0.05, 0) is 48.5 Å². The van der Waals surface area contributed by atoms with Crippen molar-refractivity contribution in [3.8, 4) is 0 Å². The highest BCUT2D eigenvalue weighted by molar-refractivity contribution is 6.00. The highest BCUT2D eigenvalue weighted by Crippen LogP contribution is 2.11. The number of methoxy groups -OCH3 is 1. The Morgan fingerprint density at radius 3 is 1.61 bits per heavy atom. The average molecular weight is 383 g/mol. The minimum absolute atomic E-state index is 0.123. The third kappa shape index (κ3) is 5.41. The van der Waals surface area contributed by atoms with Gasteiger partial charge in [-0.1, -0.05) is 13.8 Å². The Morgan fingerprint density at radius 2 is 1.18 bits per heavy atom. The molecule has 0 aliphatic rings. The molecule has 0 bridgehead atoms. The SMILES string of the molecule is COC(=O)c1ccc(C(=O)NNC(=O)c2ccc(NC(=O)C(C)C)cc2)cc1. The molecule has 0 aliphatic heterocycles. The van der Waals surface area contributed by atoms with Crippen LogP contribution >= 0.6 is 0 Å². The zero-order valence-electron chi connectivity index (χ0n) is 15.7. The quantitative estimate of drug-likeness (QED) is 0.541. The molecule has 2 aromatic rings. The number of anilines is 1. The molecule has 0 radical (unpaired) electrons. The van der Waals surface area contributed by atoms with Crippen LogP contribution in [0.5, 0.6) is 0 Å². The lowest BCUT2D eigenvalue weighted by Gasteiger charge is -2.10. The van der Waals surface area contributed by atoms with Gasteiger partial charge in [0, 0.05) is 22.7 Å². The van der Waals surface area contributed by atoms with Gasteiger partial charge in [0.05, 0.1) is 12.7 Å². The average Bonchev–Trinajstić information content (AvgIpc) is 2.71. The maximum Gasteiger partial charge on any atom is 0.337 e. The van der Waals surface area contributed by atoms with Gasteiger partial charge in [0.1, 0.15) is 0 Å². The molecule has 28 heavy (non-hydrogen) atoms. The zero-order valence-corrected chi connectivity index (χ0v) is 15.7. The van der Waals surface area contributed by atoms with Crippen molar-refractivity contribution < 1.29 is 23.9 Å². The van der Waals surface area contributed by atoms with E-state index in [0.29, 0.717) is 16.8 Å². The van der Waals surface area contributed by atoms with Crippen molar-refractivity contribution in [1.82, 2.24) is 10.9 Å². The number of ether oxygens (including phenoxy) is 1. The monoisotopic (exact) mass is 383 g/mol. The lowest BCUT2D eigenvalue weighted by Crippen LogP contribution is -2.41. The molecule has 0 aliphatic carbocycles. The van der Waals surface area contributed by atoms with Gasteiger partial charge in [-0.3, -0.25) is 25.2 Å². The summed E-state index contributed by atoms with van der Waals surface area (Å²) in [6.07, 6.45) is 0. The fourth-order valence-corrected chi connectivity index (χ4v) is 2.12. The highest BCUT2D eigenvalue weighted by Gasteiger charge is 2.12. The predicted molar refractivity (Wildman–Crippen MR) is 103 cm³/mol. The maximum absolute atomic E-state index is 12.1. The number of rotatable bonds is 5. The van der Waals surface area contributed by atoms with E-state index in [9.17, 15) is 19.2 Å². The Morgan fingerprint density at radius 1 is 0.750 bits per heavy atom. The van der Waals surface area contributed by atoms with Crippen LogP contribution < -0.4 is 16.2 Å². The first-order chi connectivity index (χ1) is 13.3. The van der Waals surface area contributed by atoms with Gasteiger partial charge in [0.25, 0.3) is 11.8 Å². The van der Waals surface area contributed by atoms with E-state index in [2.05, 4.69) is 20.9 Å². The molecule has 0 fully saturated rings. The second kappa shape index (κ2) is 9.31. The summed E-state index contributed by atoms with van der Waals surface area (Å²) in [5.41, 5.74) is 6.06. The molecule has 3 N–H and O–H groups in total. The molecule has 8 nitrogen and oxygen atoms in total. The van der Waals surface area contributed by atoms with Gasteiger partial charge >= 0.3 is 5.97 Å². The van der Waals surface area contributed by atoms with Crippen LogP contribution in [0.1, 0.15) is 44.9 Å². The Hall–Kier alpha value is -3.68. The minimum Gasteiger partial charge on any atom is -0.465 e. The first kappa shape index (κ1) is 20.6. The van der Waals surface area contributed by atoms with Crippen molar-refractivity contribution in [3.63, 3.8) is 0 Å². The minimum atomic E-state index is -0.536. The van der Waals surface area contributed by atoms with Crippen LogP contribution in [0.2, 0.25) is 0 Å². The van der Waals surface area contributed by atoms with E-state index < -0.39 is 17.8 Å². The number of nitrogens with one attached hydrogen (secondary N) is 3. The summed E-state index contributed by atoms with van der Waals surface area (Å²) in [6, 6.07) is 12.1. The molecular formula is C20H21N3O5. The summed E-state index contributed by atoms with van der Waals surface area (Å²) in [6.45, 7) is 3.56. The molecule has 0 heterocycles. The molecule has 0 aromatic heterocycles. The number of hydrazine groups is 1. The molecular weight excluding hydrogens is 362 g/mol. The number of esters is 1. The molecule has 0 spiro atoms. The smallest absolute Gasteiger partial charge is 0.337 e. The summed E-state index contributed by atoms with van der Waals surface area (Å²) in [5.74, 6) is -1.83. The molecule has 0 unspecified atom stereocenters. The van der Waals surface area contributed by atoms with Gasteiger partial charge in [0.15, 0.2) is 0 Å². The van der Waals surface area contributed by atoms with Crippen molar-refractivity contribution in [1.29, 1.82) is 0 Å². The number of hydrogen-bond acceptors (Lipinski definition) is 5. The molecule has 146 valence electrons. The number of amides is 3. The first-order valence-electron chi connectivity index (χ1n) is 8.51. The normalized spacial score (nSPS) is 10.1. The van der Waals surface area contributed by atoms with Gasteiger partial charge in [-0.15, -0.1) is 0 Å². The largest absolute Gasteiger partial charge is 0.465 e. The Kier molecular flexibility index (Phi) is 6.86. The molecule has 3 amide bonds. The summed E-state index contributed by atoms with van der Waals surface area (Å²) in [4.78, 5) is 47.2. The molecule has 0 saturated carbocycles. The van der Waals surface area contributed by atoms with Crippen molar-refractivity contribution in [2.24, 2.45) is 5.92 Å². The number of hydrogen-bond donors (Lipinski definition) is 3. The second-order valence-corrected chi connectivity index (χ2v) is 6.20. The third-order valence-corrected chi connectivity index (χ3v) is 3.80. The standard InChI is InChI=1S/C20H21N3O5/c1-12(2)17(24)21-16-10-8-14(9-11-16)19(26)23-22-18(25)13-4-6-15(7-5-13)20(27)28-3/h4-12H,1-3H3,(H,21,24)(H,22,25)(H,23,26). The Labute approximate surface area is 162 Å². The van der Waals surface area contributed by atoms with Crippen LogP contribution in [0, 0.1) is 5.92 Å². The molecule has 0 saturated heterocycles. The van der Waals surface area contributed by atoms with E-state index in [1.165, 1.54) is 43.5 Å². The summed E-state index contributed by atoms with van der Waals surface area (Å²) in [5, 5.41) is 2.72. The lowest BCUT2D eigenvalue weighted by molar-refractivity contribution is -0.118. The van der Waals surface area contributed by atoms with Crippen LogP contribution in [-0.2, 0) is 9.53 Å². The third-order valence-electron chi connectivity index (χ3n) is 3.80. The van der Waals surface area contributed by atoms with Crippen molar-refractivity contribution >= 4 is 29.4 Å². The van der Waals surface area contributed by atoms with Crippen LogP contribution in [0.25, 0.3) is 0 Å². The lowest BCUT2D eigenvalue weighted by atomic mass is 10.1. The summed E-state index contributed by atoms with van der Waals surface area (Å²) < 4.78 is 4.59. The fourth-order valence-electron chi connectivity index (χ4n) is 2.12. The molecule has 2 aromatic carbocycles. The van der Waals surface area contributed by atoms with Gasteiger partial charge < -0.3 is 10.1 Å². The maximum atomic E-state index is 12.1. The fraction of sp³-hybridized carbons (Fsp3) is 0.200. The topological polar surface area (TPSA) is 114 Å². The van der Waals surface area contributed by atoms with Gasteiger partial charge in [0.2, 0.25) is 5.91 Å². The predicted octanol–water partition coefficient (Wildman–Crippen LogP) is 2.14. The zero-order chi connectivity index (χ0) is 20.7. The van der Waals surface area contributed by atoms with Crippen LogP contribution in [-0.4, -0.2) is 30.8 Å². The van der Waals surface area contributed by atoms with Gasteiger partial charge in [-0.25, -0.2) is 4.79 Å². The van der Waals surface area contributed by atoms with E-state index in [1.807, 2.05) is 0 Å². The van der Waals surface area contributed by atoms with Gasteiger partial charge in [-0.2, -0.15) is 0 Å². The van der Waals surface area contributed by atoms with Crippen molar-refractivity contribution in [2.75, 3.05) is 12.4 Å². The summed E-state index contributed by atoms with van der Waals surface area (Å²) >= 11 is 0. The number of benzene rings is 2. The molecule has 8 heteroatoms. The van der Waals surface area contributed by atoms with E-state index in [-0.39, 0.29) is 17.4 Å². The molecule has 0 atom stereocenters. The highest BCUT2D eigenvalue weighted by atomic mass is 16.5. The van der Waals surface area contributed by atoms with Crippen molar-refractivity contribution in [3.05, 3.63) is 65.2 Å². The van der Waals surface area contributed by atoms with Crippen LogP contribution in [0.3, 0.4) is 0 Å². The van der Waals surface area contributed by atoms with E-state index in [4.69, 9.17) is 0 Å². The summed E-state index contributed by atoms with van der Waals surface area (Å²) in [7, 11) is 1.27. The first-order valence-corrected chi connectivity index (χ1v) is 8.51. The van der Waals surface area contributed by atoms with Crippen LogP contribution in [0.4, 0.5) is 5.69 Å². The number of carbonyl (C=O) groups is 4. The molecule has 2 rings (SSSR count). The van der Waals surface area contributed by atoms with E-state index in [1.54, 1.807) is 26.0 Å². The van der Waals surface area contributed by atoms with E-state index in [0.717, 1.165) is 0 Å². The van der Waals surface area contributed by atoms with Crippen molar-refractivity contribution in [2.45, 2.75) is 13.8 Å².